The molecule has 0 spiro atoms. The molecule has 2 saturated heterocycles. The SMILES string of the molecule is COc1ccc(C(C)(C)CNC(=O)C2CC3CCC2O3)cc1. The molecule has 1 aromatic carbocycles. The lowest BCUT2D eigenvalue weighted by Gasteiger charge is -2.27. The molecular weight excluding hydrogens is 278 g/mol. The Labute approximate surface area is 132 Å². The van der Waals surface area contributed by atoms with E-state index in [1.54, 1.807) is 7.11 Å². The van der Waals surface area contributed by atoms with E-state index in [4.69, 9.17) is 9.47 Å². The fraction of sp³-hybridized carbons (Fsp3) is 0.611. The molecule has 4 nitrogen and oxygen atoms in total. The first-order valence-electron chi connectivity index (χ1n) is 8.07. The van der Waals surface area contributed by atoms with Crippen molar-refractivity contribution in [2.24, 2.45) is 5.92 Å². The summed E-state index contributed by atoms with van der Waals surface area (Å²) >= 11 is 0. The van der Waals surface area contributed by atoms with Gasteiger partial charge in [-0.3, -0.25) is 4.79 Å². The monoisotopic (exact) mass is 303 g/mol. The average Bonchev–Trinajstić information content (AvgIpc) is 3.16. The predicted molar refractivity (Wildman–Crippen MR) is 85.0 cm³/mol. The molecule has 1 N–H and O–H groups in total. The van der Waals surface area contributed by atoms with Crippen molar-refractivity contribution in [3.63, 3.8) is 0 Å². The smallest absolute Gasteiger partial charge is 0.225 e. The van der Waals surface area contributed by atoms with Gasteiger partial charge in [-0.15, -0.1) is 0 Å². The van der Waals surface area contributed by atoms with Crippen LogP contribution in [0.15, 0.2) is 24.3 Å². The van der Waals surface area contributed by atoms with Crippen molar-refractivity contribution in [2.75, 3.05) is 13.7 Å². The van der Waals surface area contributed by atoms with Crippen LogP contribution in [0, 0.1) is 5.92 Å². The second-order valence-electron chi connectivity index (χ2n) is 7.05. The van der Waals surface area contributed by atoms with E-state index in [0.29, 0.717) is 12.6 Å². The molecule has 4 heteroatoms. The molecule has 1 amide bonds. The summed E-state index contributed by atoms with van der Waals surface area (Å²) < 4.78 is 11.0. The van der Waals surface area contributed by atoms with E-state index in [-0.39, 0.29) is 23.3 Å². The Kier molecular flexibility index (Phi) is 4.13. The molecule has 2 heterocycles. The van der Waals surface area contributed by atoms with Gasteiger partial charge in [-0.2, -0.15) is 0 Å². The van der Waals surface area contributed by atoms with Crippen molar-refractivity contribution >= 4 is 5.91 Å². The Morgan fingerprint density at radius 1 is 1.32 bits per heavy atom. The van der Waals surface area contributed by atoms with Gasteiger partial charge >= 0.3 is 0 Å². The van der Waals surface area contributed by atoms with Crippen molar-refractivity contribution in [2.45, 2.75) is 50.7 Å². The zero-order valence-electron chi connectivity index (χ0n) is 13.6. The summed E-state index contributed by atoms with van der Waals surface area (Å²) in [5.41, 5.74) is 1.08. The molecule has 120 valence electrons. The van der Waals surface area contributed by atoms with Crippen LogP contribution in [-0.4, -0.2) is 31.8 Å². The number of rotatable bonds is 5. The first-order chi connectivity index (χ1) is 10.5. The Balaban J connectivity index is 1.58. The number of benzene rings is 1. The normalized spacial score (nSPS) is 27.0. The summed E-state index contributed by atoms with van der Waals surface area (Å²) in [5.74, 6) is 1.04. The van der Waals surface area contributed by atoms with Crippen molar-refractivity contribution in [3.05, 3.63) is 29.8 Å². The molecule has 0 aliphatic carbocycles. The predicted octanol–water partition coefficient (Wildman–Crippen LogP) is 2.66. The van der Waals surface area contributed by atoms with Crippen LogP contribution in [0.1, 0.15) is 38.7 Å². The maximum atomic E-state index is 12.4. The van der Waals surface area contributed by atoms with Gasteiger partial charge in [0.1, 0.15) is 5.75 Å². The molecule has 0 saturated carbocycles. The topological polar surface area (TPSA) is 47.6 Å². The Morgan fingerprint density at radius 3 is 2.59 bits per heavy atom. The van der Waals surface area contributed by atoms with Gasteiger partial charge in [0.05, 0.1) is 25.2 Å². The molecule has 3 atom stereocenters. The molecular formula is C18H25NO3. The van der Waals surface area contributed by atoms with Gasteiger partial charge in [-0.25, -0.2) is 0 Å². The maximum absolute atomic E-state index is 12.4. The number of hydrogen-bond acceptors (Lipinski definition) is 3. The third-order valence-electron chi connectivity index (χ3n) is 5.02. The second kappa shape index (κ2) is 5.92. The molecule has 1 aromatic rings. The van der Waals surface area contributed by atoms with Crippen LogP contribution >= 0.6 is 0 Å². The molecule has 2 bridgehead atoms. The highest BCUT2D eigenvalue weighted by Gasteiger charge is 2.44. The van der Waals surface area contributed by atoms with Crippen LogP contribution in [0.3, 0.4) is 0 Å². The summed E-state index contributed by atoms with van der Waals surface area (Å²) in [5, 5.41) is 3.13. The van der Waals surface area contributed by atoms with Crippen molar-refractivity contribution in [3.8, 4) is 5.75 Å². The van der Waals surface area contributed by atoms with Crippen LogP contribution < -0.4 is 10.1 Å². The van der Waals surface area contributed by atoms with Gasteiger partial charge in [-0.1, -0.05) is 26.0 Å². The first kappa shape index (κ1) is 15.3. The molecule has 3 unspecified atom stereocenters. The number of methoxy groups -OCH3 is 1. The van der Waals surface area contributed by atoms with Crippen molar-refractivity contribution in [1.82, 2.24) is 5.32 Å². The third kappa shape index (κ3) is 2.98. The molecule has 2 fully saturated rings. The zero-order valence-corrected chi connectivity index (χ0v) is 13.6. The van der Waals surface area contributed by atoms with E-state index in [1.807, 2.05) is 12.1 Å². The number of fused-ring (bicyclic) bond motifs is 2. The lowest BCUT2D eigenvalue weighted by Crippen LogP contribution is -2.42. The molecule has 0 aromatic heterocycles. The van der Waals surface area contributed by atoms with E-state index < -0.39 is 0 Å². The minimum absolute atomic E-state index is 0.0467. The van der Waals surface area contributed by atoms with E-state index >= 15 is 0 Å². The van der Waals surface area contributed by atoms with Gasteiger partial charge in [0.2, 0.25) is 5.91 Å². The van der Waals surface area contributed by atoms with Gasteiger partial charge in [0.15, 0.2) is 0 Å². The second-order valence-corrected chi connectivity index (χ2v) is 7.05. The zero-order chi connectivity index (χ0) is 15.7. The Bertz CT molecular complexity index is 538. The quantitative estimate of drug-likeness (QED) is 0.909. The van der Waals surface area contributed by atoms with Crippen molar-refractivity contribution in [1.29, 1.82) is 0 Å². The van der Waals surface area contributed by atoms with Gasteiger partial charge in [-0.05, 0) is 37.0 Å². The van der Waals surface area contributed by atoms with E-state index in [0.717, 1.165) is 25.0 Å². The number of carbonyl (C=O) groups excluding carboxylic acids is 1. The first-order valence-corrected chi connectivity index (χ1v) is 8.07. The highest BCUT2D eigenvalue weighted by Crippen LogP contribution is 2.38. The van der Waals surface area contributed by atoms with Crippen molar-refractivity contribution < 1.29 is 14.3 Å². The number of amides is 1. The standard InChI is InChI=1S/C18H25NO3/c1-18(2,12-4-6-13(21-3)7-5-12)11-19-17(20)15-10-14-8-9-16(15)22-14/h4-7,14-16H,8-11H2,1-3H3,(H,19,20). The summed E-state index contributed by atoms with van der Waals surface area (Å²) in [6, 6.07) is 8.04. The van der Waals surface area contributed by atoms with Gasteiger partial charge in [0.25, 0.3) is 0 Å². The van der Waals surface area contributed by atoms with E-state index in [9.17, 15) is 4.79 Å². The van der Waals surface area contributed by atoms with Crippen LogP contribution in [0.5, 0.6) is 5.75 Å². The Hall–Kier alpha value is -1.55. The summed E-state index contributed by atoms with van der Waals surface area (Å²) in [7, 11) is 1.66. The lowest BCUT2D eigenvalue weighted by molar-refractivity contribution is -0.126. The van der Waals surface area contributed by atoms with E-state index in [1.165, 1.54) is 5.56 Å². The molecule has 2 aliphatic rings. The molecule has 2 aliphatic heterocycles. The molecule has 22 heavy (non-hydrogen) atoms. The minimum atomic E-state index is -0.111. The van der Waals surface area contributed by atoms with E-state index in [2.05, 4.69) is 31.3 Å². The fourth-order valence-corrected chi connectivity index (χ4v) is 3.50. The highest BCUT2D eigenvalue weighted by atomic mass is 16.5. The molecule has 0 radical (unpaired) electrons. The number of nitrogens with one attached hydrogen (secondary N) is 1. The van der Waals surface area contributed by atoms with Crippen LogP contribution in [0.2, 0.25) is 0 Å². The largest absolute Gasteiger partial charge is 0.497 e. The van der Waals surface area contributed by atoms with Crippen LogP contribution in [0.4, 0.5) is 0 Å². The maximum Gasteiger partial charge on any atom is 0.225 e. The summed E-state index contributed by atoms with van der Waals surface area (Å²) in [6.45, 7) is 4.92. The average molecular weight is 303 g/mol. The minimum Gasteiger partial charge on any atom is -0.497 e. The summed E-state index contributed by atoms with van der Waals surface area (Å²) in [4.78, 5) is 12.4. The number of carbonyl (C=O) groups is 1. The van der Waals surface area contributed by atoms with Gasteiger partial charge in [0, 0.05) is 12.0 Å². The third-order valence-corrected chi connectivity index (χ3v) is 5.02. The Morgan fingerprint density at radius 2 is 2.05 bits per heavy atom. The number of hydrogen-bond donors (Lipinski definition) is 1. The summed E-state index contributed by atoms with van der Waals surface area (Å²) in [6.07, 6.45) is 3.50. The number of ether oxygens (including phenoxy) is 2. The van der Waals surface area contributed by atoms with Crippen LogP contribution in [-0.2, 0) is 14.9 Å². The van der Waals surface area contributed by atoms with Crippen LogP contribution in [0.25, 0.3) is 0 Å². The fourth-order valence-electron chi connectivity index (χ4n) is 3.50. The molecule has 3 rings (SSSR count). The van der Waals surface area contributed by atoms with Gasteiger partial charge < -0.3 is 14.8 Å². The highest BCUT2D eigenvalue weighted by molar-refractivity contribution is 5.80. The lowest BCUT2D eigenvalue weighted by atomic mass is 9.83.